The largest absolute Gasteiger partial charge is 0.366 e. The van der Waals surface area contributed by atoms with Gasteiger partial charge in [-0.05, 0) is 54.9 Å². The number of nitrogens with two attached hydrogens (primary N) is 1. The van der Waals surface area contributed by atoms with Crippen molar-refractivity contribution in [3.05, 3.63) is 53.1 Å². The predicted octanol–water partition coefficient (Wildman–Crippen LogP) is 4.25. The van der Waals surface area contributed by atoms with Crippen molar-refractivity contribution in [2.75, 3.05) is 0 Å². The fourth-order valence-corrected chi connectivity index (χ4v) is 2.51. The Morgan fingerprint density at radius 1 is 1.15 bits per heavy atom. The molecule has 2 nitrogen and oxygen atoms in total. The molecule has 0 aliphatic heterocycles. The minimum atomic E-state index is -0.383. The number of primary amides is 1. The Kier molecular flexibility index (Phi) is 6.78. The molecule has 1 amide bonds. The summed E-state index contributed by atoms with van der Waals surface area (Å²) in [7, 11) is 0. The van der Waals surface area contributed by atoms with Crippen LogP contribution in [-0.2, 0) is 11.2 Å². The summed E-state index contributed by atoms with van der Waals surface area (Å²) in [5, 5.41) is 0. The van der Waals surface area contributed by atoms with E-state index in [2.05, 4.69) is 30.3 Å². The van der Waals surface area contributed by atoms with Crippen LogP contribution in [0.15, 0.2) is 42.0 Å². The number of carbonyl (C=O) groups excluding carboxylic acids is 1. The van der Waals surface area contributed by atoms with Crippen molar-refractivity contribution in [1.29, 1.82) is 0 Å². The van der Waals surface area contributed by atoms with E-state index in [1.165, 1.54) is 35.6 Å². The molecule has 1 aliphatic carbocycles. The fraction of sp³-hybridized carbons (Fsp3) is 0.389. The summed E-state index contributed by atoms with van der Waals surface area (Å²) < 4.78 is 0. The van der Waals surface area contributed by atoms with Gasteiger partial charge in [0.2, 0.25) is 5.91 Å². The maximum absolute atomic E-state index is 10.9. The van der Waals surface area contributed by atoms with Gasteiger partial charge in [0.25, 0.3) is 0 Å². The fourth-order valence-electron chi connectivity index (χ4n) is 2.51. The van der Waals surface area contributed by atoms with E-state index in [0.717, 1.165) is 18.4 Å². The molecule has 0 aromatic heterocycles. The Morgan fingerprint density at radius 2 is 1.80 bits per heavy atom. The number of rotatable bonds is 2. The Balaban J connectivity index is 0.000000956. The first kappa shape index (κ1) is 16.2. The normalized spacial score (nSPS) is 16.8. The van der Waals surface area contributed by atoms with Gasteiger partial charge in [-0.1, -0.05) is 44.2 Å². The minimum absolute atomic E-state index is 0.383. The highest BCUT2D eigenvalue weighted by molar-refractivity contribution is 5.87. The van der Waals surface area contributed by atoms with E-state index < -0.39 is 0 Å². The summed E-state index contributed by atoms with van der Waals surface area (Å²) in [6, 6.07) is 8.53. The number of aryl methyl sites for hydroxylation is 1. The molecule has 2 heteroatoms. The molecule has 0 fully saturated rings. The van der Waals surface area contributed by atoms with Crippen LogP contribution < -0.4 is 5.73 Å². The topological polar surface area (TPSA) is 43.1 Å². The molecule has 0 radical (unpaired) electrons. The first-order chi connectivity index (χ1) is 9.66. The van der Waals surface area contributed by atoms with Gasteiger partial charge in [0.1, 0.15) is 0 Å². The number of amides is 1. The lowest BCUT2D eigenvalue weighted by molar-refractivity contribution is -0.113. The number of fused-ring (bicyclic) bond motifs is 1. The van der Waals surface area contributed by atoms with Crippen molar-refractivity contribution < 1.29 is 4.79 Å². The summed E-state index contributed by atoms with van der Waals surface area (Å²) in [4.78, 5) is 10.9. The van der Waals surface area contributed by atoms with Gasteiger partial charge in [0.05, 0.1) is 0 Å². The molecule has 1 aromatic carbocycles. The van der Waals surface area contributed by atoms with E-state index in [1.807, 2.05) is 20.8 Å². The number of carbonyl (C=O) groups is 1. The Morgan fingerprint density at radius 3 is 2.50 bits per heavy atom. The monoisotopic (exact) mass is 271 g/mol. The SMILES string of the molecule is CC.CC(=C/C(N)=O)/C=C1\CCCCc2ccccc21. The maximum Gasteiger partial charge on any atom is 0.241 e. The average Bonchev–Trinajstić information content (AvgIpc) is 2.63. The standard InChI is InChI=1S/C16H19NO.C2H6/c1-12(11-16(17)18)10-14-8-3-2-6-13-7-4-5-9-15(13)14;1-2/h4-5,7,9-11H,2-3,6,8H2,1H3,(H2,17,18);1-2H3/b12-11-,14-10+;. The van der Waals surface area contributed by atoms with Crippen LogP contribution in [0.5, 0.6) is 0 Å². The number of hydrogen-bond acceptors (Lipinski definition) is 1. The number of hydrogen-bond donors (Lipinski definition) is 1. The second kappa shape index (κ2) is 8.36. The van der Waals surface area contributed by atoms with Crippen LogP contribution in [0.3, 0.4) is 0 Å². The molecule has 2 rings (SSSR count). The van der Waals surface area contributed by atoms with Crippen molar-refractivity contribution in [2.24, 2.45) is 5.73 Å². The van der Waals surface area contributed by atoms with E-state index in [-0.39, 0.29) is 5.91 Å². The second-order valence-corrected chi connectivity index (χ2v) is 4.82. The molecular formula is C18H25NO. The number of benzene rings is 1. The smallest absolute Gasteiger partial charge is 0.241 e. The minimum Gasteiger partial charge on any atom is -0.366 e. The van der Waals surface area contributed by atoms with Gasteiger partial charge in [0.15, 0.2) is 0 Å². The summed E-state index contributed by atoms with van der Waals surface area (Å²) in [5.74, 6) is -0.383. The number of allylic oxidation sites excluding steroid dienone is 3. The van der Waals surface area contributed by atoms with Crippen LogP contribution in [0.25, 0.3) is 5.57 Å². The molecule has 2 N–H and O–H groups in total. The zero-order valence-corrected chi connectivity index (χ0v) is 12.8. The molecule has 0 unspecified atom stereocenters. The molecule has 0 heterocycles. The summed E-state index contributed by atoms with van der Waals surface area (Å²) >= 11 is 0. The van der Waals surface area contributed by atoms with Gasteiger partial charge >= 0.3 is 0 Å². The highest BCUT2D eigenvalue weighted by atomic mass is 16.1. The van der Waals surface area contributed by atoms with Crippen LogP contribution >= 0.6 is 0 Å². The molecule has 0 spiro atoms. The molecule has 0 bridgehead atoms. The van der Waals surface area contributed by atoms with Gasteiger partial charge in [-0.25, -0.2) is 0 Å². The Labute approximate surface area is 122 Å². The van der Waals surface area contributed by atoms with Crippen LogP contribution in [0.1, 0.15) is 51.2 Å². The molecule has 1 aromatic rings. The van der Waals surface area contributed by atoms with Gasteiger partial charge in [-0.3, -0.25) is 4.79 Å². The zero-order chi connectivity index (χ0) is 15.0. The van der Waals surface area contributed by atoms with E-state index >= 15 is 0 Å². The van der Waals surface area contributed by atoms with Crippen LogP contribution in [0, 0.1) is 0 Å². The van der Waals surface area contributed by atoms with Gasteiger partial charge in [-0.2, -0.15) is 0 Å². The molecule has 0 atom stereocenters. The third-order valence-corrected chi connectivity index (χ3v) is 3.28. The third kappa shape index (κ3) is 4.69. The lowest BCUT2D eigenvalue weighted by atomic mass is 9.97. The van der Waals surface area contributed by atoms with Crippen LogP contribution in [0.4, 0.5) is 0 Å². The van der Waals surface area contributed by atoms with Gasteiger partial charge in [-0.15, -0.1) is 0 Å². The van der Waals surface area contributed by atoms with E-state index in [0.29, 0.717) is 0 Å². The van der Waals surface area contributed by atoms with Crippen molar-refractivity contribution in [2.45, 2.75) is 46.5 Å². The Bertz CT molecular complexity index is 512. The third-order valence-electron chi connectivity index (χ3n) is 3.28. The first-order valence-electron chi connectivity index (χ1n) is 7.43. The second-order valence-electron chi connectivity index (χ2n) is 4.82. The van der Waals surface area contributed by atoms with E-state index in [9.17, 15) is 4.79 Å². The van der Waals surface area contributed by atoms with Crippen molar-refractivity contribution in [3.63, 3.8) is 0 Å². The molecule has 0 saturated heterocycles. The highest BCUT2D eigenvalue weighted by Gasteiger charge is 2.11. The molecule has 108 valence electrons. The molecule has 0 saturated carbocycles. The first-order valence-corrected chi connectivity index (χ1v) is 7.43. The summed E-state index contributed by atoms with van der Waals surface area (Å²) in [5.41, 5.74) is 10.2. The van der Waals surface area contributed by atoms with Crippen LogP contribution in [0.2, 0.25) is 0 Å². The van der Waals surface area contributed by atoms with Crippen molar-refractivity contribution in [1.82, 2.24) is 0 Å². The van der Waals surface area contributed by atoms with Crippen molar-refractivity contribution >= 4 is 11.5 Å². The molecule has 1 aliphatic rings. The average molecular weight is 271 g/mol. The van der Waals surface area contributed by atoms with Gasteiger partial charge < -0.3 is 5.73 Å². The molecular weight excluding hydrogens is 246 g/mol. The van der Waals surface area contributed by atoms with E-state index in [1.54, 1.807) is 0 Å². The summed E-state index contributed by atoms with van der Waals surface area (Å²) in [6.45, 7) is 5.92. The highest BCUT2D eigenvalue weighted by Crippen LogP contribution is 2.30. The van der Waals surface area contributed by atoms with Gasteiger partial charge in [0, 0.05) is 6.08 Å². The van der Waals surface area contributed by atoms with E-state index in [4.69, 9.17) is 5.73 Å². The van der Waals surface area contributed by atoms with Crippen LogP contribution in [-0.4, -0.2) is 5.91 Å². The van der Waals surface area contributed by atoms with Crippen molar-refractivity contribution in [3.8, 4) is 0 Å². The lowest BCUT2D eigenvalue weighted by Gasteiger charge is -2.08. The summed E-state index contributed by atoms with van der Waals surface area (Å²) in [6.07, 6.45) is 8.22. The quantitative estimate of drug-likeness (QED) is 0.634. The predicted molar refractivity (Wildman–Crippen MR) is 86.3 cm³/mol. The maximum atomic E-state index is 10.9. The Hall–Kier alpha value is -1.83. The lowest BCUT2D eigenvalue weighted by Crippen LogP contribution is -2.06. The molecule has 20 heavy (non-hydrogen) atoms. The zero-order valence-electron chi connectivity index (χ0n) is 12.8.